The summed E-state index contributed by atoms with van der Waals surface area (Å²) < 4.78 is 0. The van der Waals surface area contributed by atoms with E-state index in [2.05, 4.69) is 11.9 Å². The fourth-order valence-electron chi connectivity index (χ4n) is 0.702. The van der Waals surface area contributed by atoms with Crippen molar-refractivity contribution in [2.24, 2.45) is 5.92 Å². The van der Waals surface area contributed by atoms with Gasteiger partial charge in [0.2, 0.25) is 5.91 Å². The van der Waals surface area contributed by atoms with Crippen LogP contribution in [0, 0.1) is 5.92 Å². The van der Waals surface area contributed by atoms with Crippen LogP contribution in [-0.4, -0.2) is 23.5 Å². The van der Waals surface area contributed by atoms with Gasteiger partial charge in [-0.05, 0) is 12.5 Å². The van der Waals surface area contributed by atoms with Crippen LogP contribution in [0.1, 0.15) is 13.3 Å². The molecule has 1 unspecified atom stereocenters. The van der Waals surface area contributed by atoms with Gasteiger partial charge in [-0.3, -0.25) is 9.59 Å². The maximum atomic E-state index is 10.6. The highest BCUT2D eigenvalue weighted by Gasteiger charge is 2.14. The Hall–Kier alpha value is -1.32. The Bertz CT molecular complexity index is 189. The number of carboxylic acid groups (broad SMARTS) is 1. The van der Waals surface area contributed by atoms with Crippen LogP contribution in [0.25, 0.3) is 0 Å². The molecular formula is C8H13NO3. The first-order chi connectivity index (χ1) is 5.61. The molecule has 0 aliphatic rings. The SMILES string of the molecule is C=CC(=O)NCC(CC)C(=O)O. The van der Waals surface area contributed by atoms with Crippen LogP contribution in [-0.2, 0) is 9.59 Å². The molecule has 1 atom stereocenters. The largest absolute Gasteiger partial charge is 0.481 e. The van der Waals surface area contributed by atoms with Gasteiger partial charge in [-0.25, -0.2) is 0 Å². The summed E-state index contributed by atoms with van der Waals surface area (Å²) in [5, 5.41) is 11.0. The molecule has 0 saturated heterocycles. The minimum Gasteiger partial charge on any atom is -0.481 e. The first-order valence-electron chi connectivity index (χ1n) is 3.74. The molecule has 0 fully saturated rings. The molecule has 0 radical (unpaired) electrons. The molecule has 0 saturated carbocycles. The molecule has 0 heterocycles. The van der Waals surface area contributed by atoms with E-state index < -0.39 is 11.9 Å². The number of carbonyl (C=O) groups is 2. The van der Waals surface area contributed by atoms with Crippen molar-refractivity contribution in [2.75, 3.05) is 6.54 Å². The third-order valence-corrected chi connectivity index (χ3v) is 1.55. The maximum Gasteiger partial charge on any atom is 0.308 e. The Kier molecular flexibility index (Phi) is 4.76. The molecule has 0 aromatic rings. The third-order valence-electron chi connectivity index (χ3n) is 1.55. The molecule has 2 N–H and O–H groups in total. The van der Waals surface area contributed by atoms with Gasteiger partial charge in [0.1, 0.15) is 0 Å². The summed E-state index contributed by atoms with van der Waals surface area (Å²) in [6.07, 6.45) is 1.63. The van der Waals surface area contributed by atoms with Crippen molar-refractivity contribution in [2.45, 2.75) is 13.3 Å². The Morgan fingerprint density at radius 1 is 1.67 bits per heavy atom. The molecule has 12 heavy (non-hydrogen) atoms. The number of rotatable bonds is 5. The zero-order chi connectivity index (χ0) is 9.56. The van der Waals surface area contributed by atoms with Crippen LogP contribution in [0.2, 0.25) is 0 Å². The van der Waals surface area contributed by atoms with Crippen molar-refractivity contribution in [1.82, 2.24) is 5.32 Å². The molecule has 0 aromatic carbocycles. The van der Waals surface area contributed by atoms with Gasteiger partial charge in [0.25, 0.3) is 0 Å². The smallest absolute Gasteiger partial charge is 0.308 e. The lowest BCUT2D eigenvalue weighted by atomic mass is 10.1. The van der Waals surface area contributed by atoms with Gasteiger partial charge in [0.05, 0.1) is 5.92 Å². The van der Waals surface area contributed by atoms with Crippen LogP contribution in [0.3, 0.4) is 0 Å². The maximum absolute atomic E-state index is 10.6. The van der Waals surface area contributed by atoms with Gasteiger partial charge in [-0.1, -0.05) is 13.5 Å². The second-order valence-corrected chi connectivity index (χ2v) is 2.39. The van der Waals surface area contributed by atoms with Crippen molar-refractivity contribution >= 4 is 11.9 Å². The molecule has 0 aliphatic heterocycles. The summed E-state index contributed by atoms with van der Waals surface area (Å²) in [7, 11) is 0. The molecule has 68 valence electrons. The van der Waals surface area contributed by atoms with Crippen LogP contribution in [0.15, 0.2) is 12.7 Å². The number of carboxylic acids is 1. The highest BCUT2D eigenvalue weighted by Crippen LogP contribution is 1.99. The van der Waals surface area contributed by atoms with E-state index in [-0.39, 0.29) is 12.5 Å². The van der Waals surface area contributed by atoms with E-state index in [9.17, 15) is 9.59 Å². The second-order valence-electron chi connectivity index (χ2n) is 2.39. The van der Waals surface area contributed by atoms with E-state index in [0.29, 0.717) is 6.42 Å². The lowest BCUT2D eigenvalue weighted by Crippen LogP contribution is -2.31. The Balaban J connectivity index is 3.80. The van der Waals surface area contributed by atoms with E-state index in [4.69, 9.17) is 5.11 Å². The zero-order valence-corrected chi connectivity index (χ0v) is 7.04. The average Bonchev–Trinajstić information content (AvgIpc) is 2.04. The number of aliphatic carboxylic acids is 1. The van der Waals surface area contributed by atoms with Gasteiger partial charge in [-0.2, -0.15) is 0 Å². The summed E-state index contributed by atoms with van der Waals surface area (Å²) in [6, 6.07) is 0. The molecule has 1 amide bonds. The van der Waals surface area contributed by atoms with E-state index >= 15 is 0 Å². The first kappa shape index (κ1) is 10.7. The molecule has 0 aromatic heterocycles. The highest BCUT2D eigenvalue weighted by atomic mass is 16.4. The third kappa shape index (κ3) is 3.75. The Labute approximate surface area is 71.3 Å². The fourth-order valence-corrected chi connectivity index (χ4v) is 0.702. The lowest BCUT2D eigenvalue weighted by Gasteiger charge is -2.08. The first-order valence-corrected chi connectivity index (χ1v) is 3.74. The molecule has 0 rings (SSSR count). The number of hydrogen-bond donors (Lipinski definition) is 2. The average molecular weight is 171 g/mol. The van der Waals surface area contributed by atoms with Crippen LogP contribution in [0.5, 0.6) is 0 Å². The van der Waals surface area contributed by atoms with Gasteiger partial charge in [0, 0.05) is 6.54 Å². The molecule has 0 bridgehead atoms. The van der Waals surface area contributed by atoms with Crippen LogP contribution >= 0.6 is 0 Å². The summed E-state index contributed by atoms with van der Waals surface area (Å²) in [5.74, 6) is -1.73. The van der Waals surface area contributed by atoms with Crippen molar-refractivity contribution in [1.29, 1.82) is 0 Å². The van der Waals surface area contributed by atoms with E-state index in [0.717, 1.165) is 6.08 Å². The predicted octanol–water partition coefficient (Wildman–Crippen LogP) is 0.399. The van der Waals surface area contributed by atoms with Gasteiger partial charge < -0.3 is 10.4 Å². The standard InChI is InChI=1S/C8H13NO3/c1-3-6(8(11)12)5-9-7(10)4-2/h4,6H,2-3,5H2,1H3,(H,9,10)(H,11,12). The predicted molar refractivity (Wildman–Crippen MR) is 44.6 cm³/mol. The van der Waals surface area contributed by atoms with Crippen LogP contribution in [0.4, 0.5) is 0 Å². The lowest BCUT2D eigenvalue weighted by molar-refractivity contribution is -0.141. The zero-order valence-electron chi connectivity index (χ0n) is 7.04. The summed E-state index contributed by atoms with van der Waals surface area (Å²) >= 11 is 0. The van der Waals surface area contributed by atoms with Crippen LogP contribution < -0.4 is 5.32 Å². The highest BCUT2D eigenvalue weighted by molar-refractivity contribution is 5.87. The topological polar surface area (TPSA) is 66.4 Å². The van der Waals surface area contributed by atoms with E-state index in [1.807, 2.05) is 0 Å². The second kappa shape index (κ2) is 5.35. The van der Waals surface area contributed by atoms with E-state index in [1.165, 1.54) is 0 Å². The minimum atomic E-state index is -0.887. The molecule has 4 nitrogen and oxygen atoms in total. The van der Waals surface area contributed by atoms with E-state index in [1.54, 1.807) is 6.92 Å². The summed E-state index contributed by atoms with van der Waals surface area (Å²) in [4.78, 5) is 21.1. The van der Waals surface area contributed by atoms with Crippen molar-refractivity contribution in [3.63, 3.8) is 0 Å². The van der Waals surface area contributed by atoms with Crippen molar-refractivity contribution in [3.05, 3.63) is 12.7 Å². The Morgan fingerprint density at radius 3 is 2.58 bits per heavy atom. The molecule has 0 aliphatic carbocycles. The van der Waals surface area contributed by atoms with Gasteiger partial charge >= 0.3 is 5.97 Å². The summed E-state index contributed by atoms with van der Waals surface area (Å²) in [6.45, 7) is 5.18. The van der Waals surface area contributed by atoms with Gasteiger partial charge in [-0.15, -0.1) is 0 Å². The quantitative estimate of drug-likeness (QED) is 0.588. The molecule has 4 heteroatoms. The number of amides is 1. The number of carbonyl (C=O) groups excluding carboxylic acids is 1. The molecular weight excluding hydrogens is 158 g/mol. The normalized spacial score (nSPS) is 11.8. The molecule has 0 spiro atoms. The summed E-state index contributed by atoms with van der Waals surface area (Å²) in [5.41, 5.74) is 0. The number of hydrogen-bond acceptors (Lipinski definition) is 2. The fraction of sp³-hybridized carbons (Fsp3) is 0.500. The van der Waals surface area contributed by atoms with Crippen molar-refractivity contribution < 1.29 is 14.7 Å². The number of nitrogens with one attached hydrogen (secondary N) is 1. The minimum absolute atomic E-state index is 0.163. The van der Waals surface area contributed by atoms with Crippen molar-refractivity contribution in [3.8, 4) is 0 Å². The Morgan fingerprint density at radius 2 is 2.25 bits per heavy atom. The van der Waals surface area contributed by atoms with Gasteiger partial charge in [0.15, 0.2) is 0 Å². The monoisotopic (exact) mass is 171 g/mol.